The molecule has 2 N–H and O–H groups in total. The summed E-state index contributed by atoms with van der Waals surface area (Å²) in [5.74, 6) is -0.477. The van der Waals surface area contributed by atoms with Crippen molar-refractivity contribution in [3.05, 3.63) is 62.0 Å². The van der Waals surface area contributed by atoms with Gasteiger partial charge in [-0.05, 0) is 40.2 Å². The largest absolute Gasteiger partial charge is 0.457 e. The van der Waals surface area contributed by atoms with Crippen LogP contribution in [0.3, 0.4) is 0 Å². The van der Waals surface area contributed by atoms with Crippen molar-refractivity contribution in [2.24, 2.45) is 0 Å². The summed E-state index contributed by atoms with van der Waals surface area (Å²) >= 11 is 15.1. The van der Waals surface area contributed by atoms with Gasteiger partial charge >= 0.3 is 5.97 Å². The maximum absolute atomic E-state index is 12.0. The van der Waals surface area contributed by atoms with Crippen LogP contribution in [-0.4, -0.2) is 5.97 Å². The van der Waals surface area contributed by atoms with Gasteiger partial charge in [-0.15, -0.1) is 0 Å². The normalized spacial score (nSPS) is 10.3. The summed E-state index contributed by atoms with van der Waals surface area (Å²) in [5.41, 5.74) is 7.25. The lowest BCUT2D eigenvalue weighted by Crippen LogP contribution is -2.07. The Balaban J connectivity index is 2.11. The van der Waals surface area contributed by atoms with Crippen LogP contribution in [0.2, 0.25) is 10.0 Å². The van der Waals surface area contributed by atoms with Gasteiger partial charge in [0.15, 0.2) is 0 Å². The van der Waals surface area contributed by atoms with Gasteiger partial charge in [0, 0.05) is 21.3 Å². The van der Waals surface area contributed by atoms with E-state index in [-0.39, 0.29) is 6.61 Å². The molecule has 0 heterocycles. The minimum absolute atomic E-state index is 0.0656. The van der Waals surface area contributed by atoms with Gasteiger partial charge in [-0.3, -0.25) is 0 Å². The Morgan fingerprint density at radius 1 is 1.25 bits per heavy atom. The summed E-state index contributed by atoms with van der Waals surface area (Å²) in [6, 6.07) is 10.0. The highest BCUT2D eigenvalue weighted by Gasteiger charge is 2.14. The first-order valence-electron chi connectivity index (χ1n) is 5.64. The Morgan fingerprint density at radius 3 is 2.70 bits per heavy atom. The maximum atomic E-state index is 12.0. The number of anilines is 1. The molecule has 0 spiro atoms. The fourth-order valence-electron chi connectivity index (χ4n) is 1.57. The van der Waals surface area contributed by atoms with Crippen LogP contribution in [0, 0.1) is 0 Å². The molecule has 3 nitrogen and oxygen atoms in total. The third-order valence-electron chi connectivity index (χ3n) is 2.62. The number of carbonyl (C=O) groups excluding carboxylic acids is 1. The zero-order valence-corrected chi connectivity index (χ0v) is 13.3. The fraction of sp³-hybridized carbons (Fsp3) is 0.0714. The number of nitrogen functional groups attached to an aromatic ring is 1. The lowest BCUT2D eigenvalue weighted by Gasteiger charge is -2.09. The molecule has 2 aromatic rings. The van der Waals surface area contributed by atoms with Crippen molar-refractivity contribution >= 4 is 50.8 Å². The van der Waals surface area contributed by atoms with Crippen LogP contribution in [0.1, 0.15) is 15.9 Å². The van der Waals surface area contributed by atoms with Gasteiger partial charge in [0.25, 0.3) is 0 Å². The topological polar surface area (TPSA) is 52.3 Å². The first-order chi connectivity index (χ1) is 9.49. The van der Waals surface area contributed by atoms with E-state index in [1.54, 1.807) is 36.4 Å². The van der Waals surface area contributed by atoms with Crippen LogP contribution >= 0.6 is 39.1 Å². The fourth-order valence-corrected chi connectivity index (χ4v) is 2.46. The van der Waals surface area contributed by atoms with E-state index >= 15 is 0 Å². The molecule has 0 saturated carbocycles. The average Bonchev–Trinajstić information content (AvgIpc) is 2.40. The quantitative estimate of drug-likeness (QED) is 0.626. The summed E-state index contributed by atoms with van der Waals surface area (Å²) in [5, 5.41) is 0.987. The number of nitrogens with two attached hydrogens (primary N) is 1. The predicted molar refractivity (Wildman–Crippen MR) is 84.1 cm³/mol. The third-order valence-corrected chi connectivity index (χ3v) is 4.09. The summed E-state index contributed by atoms with van der Waals surface area (Å²) in [6.45, 7) is 0.0656. The van der Waals surface area contributed by atoms with Crippen LogP contribution in [-0.2, 0) is 11.3 Å². The number of benzene rings is 2. The molecular weight excluding hydrogens is 365 g/mol. The molecule has 20 heavy (non-hydrogen) atoms. The van der Waals surface area contributed by atoms with Crippen molar-refractivity contribution < 1.29 is 9.53 Å². The Kier molecular flexibility index (Phi) is 4.91. The number of hydrogen-bond donors (Lipinski definition) is 1. The molecule has 0 fully saturated rings. The van der Waals surface area contributed by atoms with E-state index in [0.29, 0.717) is 31.3 Å². The monoisotopic (exact) mass is 373 g/mol. The lowest BCUT2D eigenvalue weighted by atomic mass is 10.2. The molecule has 0 unspecified atom stereocenters. The summed E-state index contributed by atoms with van der Waals surface area (Å²) in [7, 11) is 0. The van der Waals surface area contributed by atoms with Gasteiger partial charge in [-0.25, -0.2) is 4.79 Å². The molecule has 104 valence electrons. The van der Waals surface area contributed by atoms with Crippen molar-refractivity contribution in [2.75, 3.05) is 5.73 Å². The van der Waals surface area contributed by atoms with Crippen molar-refractivity contribution in [1.29, 1.82) is 0 Å². The molecule has 2 aromatic carbocycles. The Morgan fingerprint density at radius 2 is 2.00 bits per heavy atom. The zero-order chi connectivity index (χ0) is 14.7. The van der Waals surface area contributed by atoms with Gasteiger partial charge in [0.2, 0.25) is 0 Å². The second kappa shape index (κ2) is 6.48. The molecule has 2 rings (SSSR count). The second-order valence-corrected chi connectivity index (χ2v) is 5.66. The lowest BCUT2D eigenvalue weighted by molar-refractivity contribution is 0.0472. The van der Waals surface area contributed by atoms with Gasteiger partial charge in [0.05, 0.1) is 10.0 Å². The van der Waals surface area contributed by atoms with Crippen LogP contribution in [0.15, 0.2) is 40.9 Å². The summed E-state index contributed by atoms with van der Waals surface area (Å²) in [4.78, 5) is 12.0. The van der Waals surface area contributed by atoms with Crippen molar-refractivity contribution in [3.8, 4) is 0 Å². The van der Waals surface area contributed by atoms with Crippen molar-refractivity contribution in [3.63, 3.8) is 0 Å². The number of ether oxygens (including phenoxy) is 1. The van der Waals surface area contributed by atoms with Gasteiger partial charge in [-0.2, -0.15) is 0 Å². The third kappa shape index (κ3) is 3.45. The smallest absolute Gasteiger partial charge is 0.339 e. The second-order valence-electron chi connectivity index (χ2n) is 4.02. The molecule has 6 heteroatoms. The molecule has 0 aliphatic heterocycles. The van der Waals surface area contributed by atoms with E-state index < -0.39 is 5.97 Å². The van der Waals surface area contributed by atoms with E-state index in [0.717, 1.165) is 0 Å². The summed E-state index contributed by atoms with van der Waals surface area (Å²) < 4.78 is 5.74. The predicted octanol–water partition coefficient (Wildman–Crippen LogP) is 4.70. The van der Waals surface area contributed by atoms with Gasteiger partial charge in [-0.1, -0.05) is 35.3 Å². The van der Waals surface area contributed by atoms with Crippen LogP contribution in [0.4, 0.5) is 5.69 Å². The Hall–Kier alpha value is -1.23. The first-order valence-corrected chi connectivity index (χ1v) is 7.19. The SMILES string of the molecule is Nc1cccc(C(=O)OCc2ccc(Cl)cc2Cl)c1Br. The first kappa shape index (κ1) is 15.2. The number of esters is 1. The number of hydrogen-bond acceptors (Lipinski definition) is 3. The van der Waals surface area contributed by atoms with Crippen LogP contribution in [0.5, 0.6) is 0 Å². The number of carbonyl (C=O) groups is 1. The van der Waals surface area contributed by atoms with E-state index in [2.05, 4.69) is 15.9 Å². The van der Waals surface area contributed by atoms with E-state index in [4.69, 9.17) is 33.7 Å². The highest BCUT2D eigenvalue weighted by Crippen LogP contribution is 2.26. The van der Waals surface area contributed by atoms with Gasteiger partial charge < -0.3 is 10.5 Å². The molecule has 0 aromatic heterocycles. The molecule has 0 amide bonds. The van der Waals surface area contributed by atoms with Crippen LogP contribution < -0.4 is 5.73 Å². The maximum Gasteiger partial charge on any atom is 0.339 e. The Labute approximate surface area is 134 Å². The highest BCUT2D eigenvalue weighted by atomic mass is 79.9. The summed E-state index contributed by atoms with van der Waals surface area (Å²) in [6.07, 6.45) is 0. The van der Waals surface area contributed by atoms with E-state index in [1.807, 2.05) is 0 Å². The minimum atomic E-state index is -0.477. The average molecular weight is 375 g/mol. The molecule has 0 saturated heterocycles. The number of halogens is 3. The number of rotatable bonds is 3. The molecular formula is C14H10BrCl2NO2. The molecule has 0 atom stereocenters. The molecule has 0 aliphatic carbocycles. The van der Waals surface area contributed by atoms with E-state index in [1.165, 1.54) is 0 Å². The molecule has 0 bridgehead atoms. The Bertz CT molecular complexity index is 662. The van der Waals surface area contributed by atoms with E-state index in [9.17, 15) is 4.79 Å². The van der Waals surface area contributed by atoms with Crippen LogP contribution in [0.25, 0.3) is 0 Å². The minimum Gasteiger partial charge on any atom is -0.457 e. The van der Waals surface area contributed by atoms with Crippen molar-refractivity contribution in [1.82, 2.24) is 0 Å². The standard InChI is InChI=1S/C14H10BrCl2NO2/c15-13-10(2-1-3-12(13)18)14(19)20-7-8-4-5-9(16)6-11(8)17/h1-6H,7,18H2. The molecule has 0 aliphatic rings. The zero-order valence-electron chi connectivity index (χ0n) is 10.2. The highest BCUT2D eigenvalue weighted by molar-refractivity contribution is 9.10. The van der Waals surface area contributed by atoms with Crippen molar-refractivity contribution in [2.45, 2.75) is 6.61 Å². The molecule has 0 radical (unpaired) electrons. The van der Waals surface area contributed by atoms with Gasteiger partial charge in [0.1, 0.15) is 6.61 Å².